The summed E-state index contributed by atoms with van der Waals surface area (Å²) in [6.45, 7) is 0. The molecule has 0 aliphatic heterocycles. The summed E-state index contributed by atoms with van der Waals surface area (Å²) >= 11 is 0. The van der Waals surface area contributed by atoms with E-state index in [0.29, 0.717) is 0 Å². The Morgan fingerprint density at radius 3 is 1.70 bits per heavy atom. The Bertz CT molecular complexity index is 165. The fraction of sp³-hybridized carbons (Fsp3) is 0.200. The van der Waals surface area contributed by atoms with E-state index in [1.54, 1.807) is 0 Å². The Balaban J connectivity index is -0.000000245. The molecule has 0 saturated heterocycles. The number of hydrogen-bond acceptors (Lipinski definition) is 3. The third kappa shape index (κ3) is 6.21. The summed E-state index contributed by atoms with van der Waals surface area (Å²) in [6.07, 6.45) is 0. The molecule has 0 unspecified atom stereocenters. The van der Waals surface area contributed by atoms with Crippen LogP contribution in [0.15, 0.2) is 0 Å². The topological polar surface area (TPSA) is 84.9 Å². The van der Waals surface area contributed by atoms with Crippen molar-refractivity contribution in [3.05, 3.63) is 7.43 Å². The van der Waals surface area contributed by atoms with Gasteiger partial charge in [-0.1, -0.05) is 0 Å². The molecule has 48 valence electrons. The van der Waals surface area contributed by atoms with Gasteiger partial charge in [-0.2, -0.15) is 10.5 Å². The second-order valence-corrected chi connectivity index (χ2v) is 1.03. The molecule has 0 saturated carbocycles. The molecule has 0 atom stereocenters. The average molecular weight is 164 g/mol. The molecule has 0 fully saturated rings. The van der Waals surface area contributed by atoms with Crippen LogP contribution in [0, 0.1) is 36.0 Å². The molecule has 0 rings (SSSR count). The standard InChI is InChI=1S/C4H2N2O2.CH3.K/c5-1-3(2-6)4(7)8;;/h3H,(H,7,8);1H3;/q;-1;+1. The van der Waals surface area contributed by atoms with Crippen molar-refractivity contribution in [2.45, 2.75) is 0 Å². The van der Waals surface area contributed by atoms with Crippen molar-refractivity contribution in [3.63, 3.8) is 0 Å². The van der Waals surface area contributed by atoms with Crippen molar-refractivity contribution in [1.82, 2.24) is 0 Å². The van der Waals surface area contributed by atoms with Crippen molar-refractivity contribution in [2.75, 3.05) is 0 Å². The number of carbonyl (C=O) groups is 1. The van der Waals surface area contributed by atoms with E-state index in [1.807, 2.05) is 0 Å². The van der Waals surface area contributed by atoms with Gasteiger partial charge in [0.15, 0.2) is 0 Å². The van der Waals surface area contributed by atoms with E-state index in [2.05, 4.69) is 0 Å². The van der Waals surface area contributed by atoms with Gasteiger partial charge in [0.2, 0.25) is 5.92 Å². The molecular formula is C5H5KN2O2. The molecule has 0 heterocycles. The zero-order valence-electron chi connectivity index (χ0n) is 5.83. The van der Waals surface area contributed by atoms with Gasteiger partial charge in [0, 0.05) is 0 Å². The maximum Gasteiger partial charge on any atom is 1.00 e. The van der Waals surface area contributed by atoms with Gasteiger partial charge in [-0.25, -0.2) is 4.79 Å². The smallest absolute Gasteiger partial charge is 0.479 e. The van der Waals surface area contributed by atoms with Crippen molar-refractivity contribution in [2.24, 2.45) is 5.92 Å². The summed E-state index contributed by atoms with van der Waals surface area (Å²) in [4.78, 5) is 9.72. The monoisotopic (exact) mass is 164 g/mol. The average Bonchev–Trinajstić information content (AvgIpc) is 1.69. The summed E-state index contributed by atoms with van der Waals surface area (Å²) < 4.78 is 0. The first kappa shape index (κ1) is 16.6. The molecule has 0 radical (unpaired) electrons. The van der Waals surface area contributed by atoms with Crippen LogP contribution in [-0.4, -0.2) is 11.1 Å². The van der Waals surface area contributed by atoms with Crippen molar-refractivity contribution >= 4 is 5.97 Å². The van der Waals surface area contributed by atoms with Crippen molar-refractivity contribution in [3.8, 4) is 12.1 Å². The third-order valence-corrected chi connectivity index (χ3v) is 0.505. The maximum absolute atomic E-state index is 9.72. The van der Waals surface area contributed by atoms with Gasteiger partial charge in [-0.05, 0) is 0 Å². The summed E-state index contributed by atoms with van der Waals surface area (Å²) in [5.41, 5.74) is 0. The molecular weight excluding hydrogens is 159 g/mol. The van der Waals surface area contributed by atoms with Gasteiger partial charge in [0.1, 0.15) is 0 Å². The minimum absolute atomic E-state index is 0. The predicted molar refractivity (Wildman–Crippen MR) is 28.8 cm³/mol. The molecule has 0 aromatic carbocycles. The number of aliphatic carboxylic acids is 1. The Labute approximate surface area is 102 Å². The van der Waals surface area contributed by atoms with E-state index < -0.39 is 11.9 Å². The maximum atomic E-state index is 9.72. The normalized spacial score (nSPS) is 5.90. The Morgan fingerprint density at radius 2 is 1.70 bits per heavy atom. The van der Waals surface area contributed by atoms with E-state index >= 15 is 0 Å². The van der Waals surface area contributed by atoms with Gasteiger partial charge in [0.05, 0.1) is 12.1 Å². The first-order chi connectivity index (χ1) is 3.72. The van der Waals surface area contributed by atoms with E-state index in [9.17, 15) is 4.79 Å². The fourth-order valence-corrected chi connectivity index (χ4v) is 0.139. The second kappa shape index (κ2) is 9.09. The third-order valence-electron chi connectivity index (χ3n) is 0.505. The second-order valence-electron chi connectivity index (χ2n) is 1.03. The minimum atomic E-state index is -1.52. The number of nitriles is 2. The zero-order chi connectivity index (χ0) is 6.57. The van der Waals surface area contributed by atoms with E-state index in [4.69, 9.17) is 15.6 Å². The van der Waals surface area contributed by atoms with Crippen LogP contribution in [0.3, 0.4) is 0 Å². The number of hydrogen-bond donors (Lipinski definition) is 1. The van der Waals surface area contributed by atoms with Crippen LogP contribution in [0.4, 0.5) is 0 Å². The van der Waals surface area contributed by atoms with Crippen LogP contribution < -0.4 is 51.4 Å². The van der Waals surface area contributed by atoms with Crippen LogP contribution in [0.1, 0.15) is 0 Å². The molecule has 0 aliphatic carbocycles. The van der Waals surface area contributed by atoms with E-state index in [1.165, 1.54) is 12.1 Å². The molecule has 1 N–H and O–H groups in total. The van der Waals surface area contributed by atoms with Crippen LogP contribution in [0.2, 0.25) is 0 Å². The molecule has 4 nitrogen and oxygen atoms in total. The SMILES string of the molecule is N#CC(C#N)C(=O)O.[CH3-].[K+]. The summed E-state index contributed by atoms with van der Waals surface area (Å²) in [5.74, 6) is -2.91. The van der Waals surface area contributed by atoms with E-state index in [-0.39, 0.29) is 58.8 Å². The Kier molecular flexibility index (Phi) is 15.1. The predicted octanol–water partition coefficient (Wildman–Crippen LogP) is -2.81. The molecule has 0 aromatic rings. The quantitative estimate of drug-likeness (QED) is 0.335. The number of rotatable bonds is 1. The van der Waals surface area contributed by atoms with Crippen LogP contribution >= 0.6 is 0 Å². The molecule has 0 aromatic heterocycles. The van der Waals surface area contributed by atoms with Crippen LogP contribution in [0.25, 0.3) is 0 Å². The van der Waals surface area contributed by atoms with Gasteiger partial charge in [0.25, 0.3) is 0 Å². The summed E-state index contributed by atoms with van der Waals surface area (Å²) in [5, 5.41) is 23.6. The van der Waals surface area contributed by atoms with Crippen molar-refractivity contribution in [1.29, 1.82) is 10.5 Å². The first-order valence-electron chi connectivity index (χ1n) is 1.74. The number of carboxylic acids is 1. The number of nitrogens with zero attached hydrogens (tertiary/aromatic N) is 2. The van der Waals surface area contributed by atoms with Crippen LogP contribution in [0.5, 0.6) is 0 Å². The zero-order valence-corrected chi connectivity index (χ0v) is 8.95. The fourth-order valence-electron chi connectivity index (χ4n) is 0.139. The molecule has 10 heavy (non-hydrogen) atoms. The van der Waals surface area contributed by atoms with Crippen molar-refractivity contribution < 1.29 is 61.3 Å². The molecule has 0 aliphatic rings. The Hall–Kier alpha value is 0.0864. The molecule has 0 amide bonds. The number of carboxylic acid groups (broad SMARTS) is 1. The van der Waals surface area contributed by atoms with Gasteiger partial charge in [-0.3, -0.25) is 0 Å². The van der Waals surface area contributed by atoms with Gasteiger partial charge >= 0.3 is 57.4 Å². The van der Waals surface area contributed by atoms with E-state index in [0.717, 1.165) is 0 Å². The molecule has 0 bridgehead atoms. The van der Waals surface area contributed by atoms with Crippen LogP contribution in [-0.2, 0) is 4.79 Å². The largest absolute Gasteiger partial charge is 1.00 e. The molecule has 5 heteroatoms. The van der Waals surface area contributed by atoms with Gasteiger partial charge < -0.3 is 12.5 Å². The Morgan fingerprint density at radius 1 is 1.40 bits per heavy atom. The summed E-state index contributed by atoms with van der Waals surface area (Å²) in [6, 6.07) is 2.58. The molecule has 0 spiro atoms. The first-order valence-corrected chi connectivity index (χ1v) is 1.74. The minimum Gasteiger partial charge on any atom is -0.479 e. The van der Waals surface area contributed by atoms with Gasteiger partial charge in [-0.15, -0.1) is 0 Å². The summed E-state index contributed by atoms with van der Waals surface area (Å²) in [7, 11) is 0.